The smallest absolute Gasteiger partial charge is 0.133 e. The number of nitrogens with two attached hydrogens (primary N) is 1. The Bertz CT molecular complexity index is 421. The standard InChI is InChI=1S/C11H10N2O/c12-6-2-1-3-9-4-5-11(14)10(7-9)8-13/h4-5,7,14H,2,6,12H2. The maximum atomic E-state index is 9.22. The highest BCUT2D eigenvalue weighted by Gasteiger charge is 1.98. The summed E-state index contributed by atoms with van der Waals surface area (Å²) in [5.74, 6) is 5.69. The third-order valence-electron chi connectivity index (χ3n) is 1.62. The molecule has 3 N–H and O–H groups in total. The predicted octanol–water partition coefficient (Wildman–Crippen LogP) is 0.964. The Labute approximate surface area is 82.8 Å². The van der Waals surface area contributed by atoms with Crippen LogP contribution >= 0.6 is 0 Å². The minimum absolute atomic E-state index is 0.0168. The van der Waals surface area contributed by atoms with Crippen molar-refractivity contribution in [2.45, 2.75) is 6.42 Å². The van der Waals surface area contributed by atoms with Crippen LogP contribution in [0.15, 0.2) is 18.2 Å². The fourth-order valence-electron chi connectivity index (χ4n) is 0.940. The van der Waals surface area contributed by atoms with Gasteiger partial charge in [-0.25, -0.2) is 0 Å². The van der Waals surface area contributed by atoms with Crippen molar-refractivity contribution >= 4 is 0 Å². The number of hydrogen-bond acceptors (Lipinski definition) is 3. The van der Waals surface area contributed by atoms with Gasteiger partial charge in [0.15, 0.2) is 0 Å². The molecule has 0 fully saturated rings. The second-order valence-electron chi connectivity index (χ2n) is 2.68. The lowest BCUT2D eigenvalue weighted by Crippen LogP contribution is -1.95. The van der Waals surface area contributed by atoms with E-state index in [9.17, 15) is 5.11 Å². The van der Waals surface area contributed by atoms with Crippen LogP contribution in [0.25, 0.3) is 0 Å². The Balaban J connectivity index is 2.93. The lowest BCUT2D eigenvalue weighted by Gasteiger charge is -1.95. The predicted molar refractivity (Wildman–Crippen MR) is 53.4 cm³/mol. The zero-order valence-electron chi connectivity index (χ0n) is 7.62. The highest BCUT2D eigenvalue weighted by molar-refractivity contribution is 5.49. The number of phenols is 1. The molecule has 1 aromatic carbocycles. The van der Waals surface area contributed by atoms with E-state index in [0.29, 0.717) is 18.5 Å². The molecular formula is C11H10N2O. The second-order valence-corrected chi connectivity index (χ2v) is 2.68. The average molecular weight is 186 g/mol. The van der Waals surface area contributed by atoms with Crippen molar-refractivity contribution in [3.8, 4) is 23.7 Å². The number of nitrogens with zero attached hydrogens (tertiary/aromatic N) is 1. The van der Waals surface area contributed by atoms with Crippen LogP contribution in [0, 0.1) is 23.2 Å². The summed E-state index contributed by atoms with van der Waals surface area (Å²) in [6.45, 7) is 0.524. The molecule has 0 radical (unpaired) electrons. The lowest BCUT2D eigenvalue weighted by atomic mass is 10.1. The number of aromatic hydroxyl groups is 1. The van der Waals surface area contributed by atoms with Crippen molar-refractivity contribution in [2.24, 2.45) is 5.73 Å². The van der Waals surface area contributed by atoms with Crippen molar-refractivity contribution in [1.29, 1.82) is 5.26 Å². The Morgan fingerprint density at radius 1 is 1.43 bits per heavy atom. The summed E-state index contributed by atoms with van der Waals surface area (Å²) < 4.78 is 0. The summed E-state index contributed by atoms with van der Waals surface area (Å²) in [6, 6.07) is 6.57. The van der Waals surface area contributed by atoms with Crippen LogP contribution in [0.4, 0.5) is 0 Å². The highest BCUT2D eigenvalue weighted by atomic mass is 16.3. The van der Waals surface area contributed by atoms with E-state index in [-0.39, 0.29) is 11.3 Å². The molecule has 0 aliphatic heterocycles. The van der Waals surface area contributed by atoms with Gasteiger partial charge in [-0.2, -0.15) is 5.26 Å². The third-order valence-corrected chi connectivity index (χ3v) is 1.62. The normalized spacial score (nSPS) is 8.57. The van der Waals surface area contributed by atoms with Gasteiger partial charge >= 0.3 is 0 Å². The minimum Gasteiger partial charge on any atom is -0.507 e. The number of nitriles is 1. The van der Waals surface area contributed by atoms with Gasteiger partial charge in [0.1, 0.15) is 11.8 Å². The highest BCUT2D eigenvalue weighted by Crippen LogP contribution is 2.16. The van der Waals surface area contributed by atoms with Gasteiger partial charge in [0, 0.05) is 18.5 Å². The third kappa shape index (κ3) is 2.52. The maximum absolute atomic E-state index is 9.22. The molecule has 0 heterocycles. The quantitative estimate of drug-likeness (QED) is 0.642. The van der Waals surface area contributed by atoms with Gasteiger partial charge in [0.05, 0.1) is 5.56 Å². The molecule has 70 valence electrons. The second kappa shape index (κ2) is 4.91. The van der Waals surface area contributed by atoms with E-state index in [1.807, 2.05) is 6.07 Å². The molecular weight excluding hydrogens is 176 g/mol. The van der Waals surface area contributed by atoms with Gasteiger partial charge in [-0.15, -0.1) is 0 Å². The zero-order valence-corrected chi connectivity index (χ0v) is 7.62. The van der Waals surface area contributed by atoms with Gasteiger partial charge in [0.2, 0.25) is 0 Å². The van der Waals surface area contributed by atoms with Crippen LogP contribution in [0.2, 0.25) is 0 Å². The summed E-state index contributed by atoms with van der Waals surface area (Å²) in [4.78, 5) is 0. The number of hydrogen-bond donors (Lipinski definition) is 2. The molecule has 0 atom stereocenters. The topological polar surface area (TPSA) is 70.0 Å². The van der Waals surface area contributed by atoms with E-state index in [1.54, 1.807) is 12.1 Å². The molecule has 0 aliphatic rings. The molecule has 0 amide bonds. The van der Waals surface area contributed by atoms with Crippen LogP contribution in [-0.2, 0) is 0 Å². The minimum atomic E-state index is -0.0168. The SMILES string of the molecule is N#Cc1cc(C#CCCN)ccc1O. The number of benzene rings is 1. The molecule has 3 nitrogen and oxygen atoms in total. The largest absolute Gasteiger partial charge is 0.507 e. The summed E-state index contributed by atoms with van der Waals surface area (Å²) >= 11 is 0. The fraction of sp³-hybridized carbons (Fsp3) is 0.182. The first-order valence-electron chi connectivity index (χ1n) is 4.20. The molecule has 1 aromatic rings. The van der Waals surface area contributed by atoms with E-state index in [0.717, 1.165) is 0 Å². The van der Waals surface area contributed by atoms with Crippen LogP contribution in [0.3, 0.4) is 0 Å². The van der Waals surface area contributed by atoms with Crippen molar-refractivity contribution < 1.29 is 5.11 Å². The fourth-order valence-corrected chi connectivity index (χ4v) is 0.940. The van der Waals surface area contributed by atoms with Crippen LogP contribution in [-0.4, -0.2) is 11.7 Å². The van der Waals surface area contributed by atoms with E-state index < -0.39 is 0 Å². The van der Waals surface area contributed by atoms with Gasteiger partial charge in [-0.05, 0) is 18.2 Å². The monoisotopic (exact) mass is 186 g/mol. The van der Waals surface area contributed by atoms with E-state index in [4.69, 9.17) is 11.0 Å². The van der Waals surface area contributed by atoms with E-state index in [1.165, 1.54) is 6.07 Å². The zero-order chi connectivity index (χ0) is 10.4. The van der Waals surface area contributed by atoms with Crippen LogP contribution < -0.4 is 5.73 Å². The first-order chi connectivity index (χ1) is 6.77. The molecule has 1 rings (SSSR count). The number of rotatable bonds is 1. The van der Waals surface area contributed by atoms with Crippen molar-refractivity contribution in [2.75, 3.05) is 6.54 Å². The molecule has 0 saturated carbocycles. The van der Waals surface area contributed by atoms with E-state index >= 15 is 0 Å². The van der Waals surface area contributed by atoms with Gasteiger partial charge in [-0.3, -0.25) is 0 Å². The molecule has 0 aliphatic carbocycles. The summed E-state index contributed by atoms with van der Waals surface area (Å²) in [5, 5.41) is 17.9. The van der Waals surface area contributed by atoms with Gasteiger partial charge in [-0.1, -0.05) is 11.8 Å². The van der Waals surface area contributed by atoms with Crippen LogP contribution in [0.5, 0.6) is 5.75 Å². The Kier molecular flexibility index (Phi) is 3.55. The molecule has 14 heavy (non-hydrogen) atoms. The molecule has 0 bridgehead atoms. The lowest BCUT2D eigenvalue weighted by molar-refractivity contribution is 0.473. The Morgan fingerprint density at radius 3 is 2.86 bits per heavy atom. The molecule has 3 heteroatoms. The van der Waals surface area contributed by atoms with Crippen molar-refractivity contribution in [3.05, 3.63) is 29.3 Å². The first kappa shape index (κ1) is 10.1. The Morgan fingerprint density at radius 2 is 2.21 bits per heavy atom. The summed E-state index contributed by atoms with van der Waals surface area (Å²) in [7, 11) is 0. The van der Waals surface area contributed by atoms with Crippen molar-refractivity contribution in [3.63, 3.8) is 0 Å². The van der Waals surface area contributed by atoms with Crippen molar-refractivity contribution in [1.82, 2.24) is 0 Å². The van der Waals surface area contributed by atoms with Gasteiger partial charge < -0.3 is 10.8 Å². The molecule has 0 spiro atoms. The van der Waals surface area contributed by atoms with E-state index in [2.05, 4.69) is 11.8 Å². The first-order valence-corrected chi connectivity index (χ1v) is 4.20. The molecule has 0 saturated heterocycles. The Hall–Kier alpha value is -1.97. The number of phenolic OH excluding ortho intramolecular Hbond substituents is 1. The van der Waals surface area contributed by atoms with Crippen LogP contribution in [0.1, 0.15) is 17.5 Å². The molecule has 0 aromatic heterocycles. The summed E-state index contributed by atoms with van der Waals surface area (Å²) in [6.07, 6.45) is 0.628. The summed E-state index contributed by atoms with van der Waals surface area (Å²) in [5.41, 5.74) is 6.23. The maximum Gasteiger partial charge on any atom is 0.133 e. The molecule has 0 unspecified atom stereocenters. The average Bonchev–Trinajstić information content (AvgIpc) is 2.21. The van der Waals surface area contributed by atoms with Gasteiger partial charge in [0.25, 0.3) is 0 Å².